The van der Waals surface area contributed by atoms with Gasteiger partial charge in [-0.15, -0.1) is 11.3 Å². The van der Waals surface area contributed by atoms with Crippen molar-refractivity contribution in [2.75, 3.05) is 23.7 Å². The summed E-state index contributed by atoms with van der Waals surface area (Å²) in [5.74, 6) is -0.0793. The molecular weight excluding hydrogens is 374 g/mol. The molecule has 0 unspecified atom stereocenters. The highest BCUT2D eigenvalue weighted by Crippen LogP contribution is 2.18. The third-order valence-electron chi connectivity index (χ3n) is 3.80. The number of carbonyl (C=O) groups excluding carboxylic acids is 2. The fraction of sp³-hybridized carbons (Fsp3) is 0.100. The number of pyridine rings is 1. The van der Waals surface area contributed by atoms with E-state index in [4.69, 9.17) is 5.26 Å². The van der Waals surface area contributed by atoms with Crippen LogP contribution in [0.15, 0.2) is 60.1 Å². The summed E-state index contributed by atoms with van der Waals surface area (Å²) in [5.41, 5.74) is 1.27. The van der Waals surface area contributed by atoms with Crippen molar-refractivity contribution in [1.29, 1.82) is 5.26 Å². The van der Waals surface area contributed by atoms with Gasteiger partial charge in [0.2, 0.25) is 0 Å². The molecule has 2 aromatic heterocycles. The van der Waals surface area contributed by atoms with Crippen LogP contribution in [0.25, 0.3) is 0 Å². The smallest absolute Gasteiger partial charge is 0.265 e. The van der Waals surface area contributed by atoms with Crippen LogP contribution in [-0.2, 0) is 0 Å². The van der Waals surface area contributed by atoms with Gasteiger partial charge in [-0.05, 0) is 35.7 Å². The fourth-order valence-corrected chi connectivity index (χ4v) is 3.09. The predicted octanol–water partition coefficient (Wildman–Crippen LogP) is 3.11. The van der Waals surface area contributed by atoms with E-state index in [2.05, 4.69) is 27.0 Å². The third kappa shape index (κ3) is 4.72. The second kappa shape index (κ2) is 9.30. The number of nitriles is 1. The van der Waals surface area contributed by atoms with E-state index >= 15 is 0 Å². The largest absolute Gasteiger partial charge is 0.367 e. The van der Waals surface area contributed by atoms with Crippen LogP contribution in [0.4, 0.5) is 11.5 Å². The quantitative estimate of drug-likeness (QED) is 0.537. The SMILES string of the molecule is N#Cc1cccnc1NCCNC(=O)c1ccccc1NC(=O)c1cccs1. The van der Waals surface area contributed by atoms with Crippen molar-refractivity contribution >= 4 is 34.7 Å². The molecule has 3 aromatic rings. The van der Waals surface area contributed by atoms with E-state index in [1.807, 2.05) is 5.38 Å². The van der Waals surface area contributed by atoms with Crippen molar-refractivity contribution in [2.45, 2.75) is 0 Å². The minimum absolute atomic E-state index is 0.254. The lowest BCUT2D eigenvalue weighted by Gasteiger charge is -2.12. The Hall–Kier alpha value is -3.70. The maximum Gasteiger partial charge on any atom is 0.265 e. The first-order chi connectivity index (χ1) is 13.7. The monoisotopic (exact) mass is 391 g/mol. The lowest BCUT2D eigenvalue weighted by Crippen LogP contribution is -2.30. The number of benzene rings is 1. The number of rotatable bonds is 7. The van der Waals surface area contributed by atoms with Gasteiger partial charge >= 0.3 is 0 Å². The Morgan fingerprint density at radius 2 is 1.89 bits per heavy atom. The van der Waals surface area contributed by atoms with E-state index in [-0.39, 0.29) is 11.8 Å². The number of para-hydroxylation sites is 1. The van der Waals surface area contributed by atoms with E-state index in [9.17, 15) is 9.59 Å². The van der Waals surface area contributed by atoms with Crippen LogP contribution >= 0.6 is 11.3 Å². The fourth-order valence-electron chi connectivity index (χ4n) is 2.47. The molecule has 2 heterocycles. The highest BCUT2D eigenvalue weighted by molar-refractivity contribution is 7.12. The number of amides is 2. The van der Waals surface area contributed by atoms with Crippen molar-refractivity contribution in [2.24, 2.45) is 0 Å². The molecule has 28 heavy (non-hydrogen) atoms. The topological polar surface area (TPSA) is 107 Å². The molecular formula is C20H17N5O2S. The van der Waals surface area contributed by atoms with Crippen molar-refractivity contribution in [3.63, 3.8) is 0 Å². The van der Waals surface area contributed by atoms with Crippen molar-refractivity contribution in [3.05, 3.63) is 76.1 Å². The first kappa shape index (κ1) is 19.1. The van der Waals surface area contributed by atoms with Gasteiger partial charge in [-0.3, -0.25) is 9.59 Å². The Kier molecular flexibility index (Phi) is 6.33. The van der Waals surface area contributed by atoms with Crippen LogP contribution in [0.1, 0.15) is 25.6 Å². The molecule has 0 bridgehead atoms. The Labute approximate surface area is 166 Å². The Balaban J connectivity index is 1.57. The molecule has 2 amide bonds. The summed E-state index contributed by atoms with van der Waals surface area (Å²) in [6.45, 7) is 0.731. The molecule has 0 saturated carbocycles. The Bertz CT molecular complexity index is 1010. The van der Waals surface area contributed by atoms with Gasteiger partial charge in [-0.2, -0.15) is 5.26 Å². The van der Waals surface area contributed by atoms with Crippen molar-refractivity contribution < 1.29 is 9.59 Å². The molecule has 3 rings (SSSR count). The van der Waals surface area contributed by atoms with Gasteiger partial charge in [-0.25, -0.2) is 4.98 Å². The highest BCUT2D eigenvalue weighted by Gasteiger charge is 2.14. The summed E-state index contributed by atoms with van der Waals surface area (Å²) in [6.07, 6.45) is 1.59. The summed E-state index contributed by atoms with van der Waals surface area (Å²) in [4.78, 5) is 29.4. The molecule has 7 nitrogen and oxygen atoms in total. The van der Waals surface area contributed by atoms with E-state index < -0.39 is 0 Å². The van der Waals surface area contributed by atoms with E-state index in [1.165, 1.54) is 11.3 Å². The van der Waals surface area contributed by atoms with Crippen LogP contribution in [0.2, 0.25) is 0 Å². The predicted molar refractivity (Wildman–Crippen MR) is 108 cm³/mol. The molecule has 0 radical (unpaired) electrons. The van der Waals surface area contributed by atoms with Crippen LogP contribution in [0.5, 0.6) is 0 Å². The van der Waals surface area contributed by atoms with Gasteiger partial charge in [0.15, 0.2) is 0 Å². The molecule has 0 spiro atoms. The normalized spacial score (nSPS) is 9.96. The zero-order chi connectivity index (χ0) is 19.8. The molecule has 0 aliphatic carbocycles. The number of hydrogen-bond acceptors (Lipinski definition) is 6. The second-order valence-corrected chi connectivity index (χ2v) is 6.62. The zero-order valence-corrected chi connectivity index (χ0v) is 15.6. The first-order valence-corrected chi connectivity index (χ1v) is 9.38. The Morgan fingerprint density at radius 1 is 1.04 bits per heavy atom. The van der Waals surface area contributed by atoms with Gasteiger partial charge < -0.3 is 16.0 Å². The highest BCUT2D eigenvalue weighted by atomic mass is 32.1. The van der Waals surface area contributed by atoms with Gasteiger partial charge in [0.25, 0.3) is 11.8 Å². The van der Waals surface area contributed by atoms with Crippen LogP contribution in [0.3, 0.4) is 0 Å². The number of hydrogen-bond donors (Lipinski definition) is 3. The second-order valence-electron chi connectivity index (χ2n) is 5.67. The van der Waals surface area contributed by atoms with Gasteiger partial charge in [-0.1, -0.05) is 18.2 Å². The first-order valence-electron chi connectivity index (χ1n) is 8.50. The molecule has 0 fully saturated rings. The average Bonchev–Trinajstić information content (AvgIpc) is 3.27. The van der Waals surface area contributed by atoms with Crippen LogP contribution in [-0.4, -0.2) is 29.9 Å². The summed E-state index contributed by atoms with van der Waals surface area (Å²) in [7, 11) is 0. The summed E-state index contributed by atoms with van der Waals surface area (Å²) in [5, 5.41) is 19.5. The van der Waals surface area contributed by atoms with E-state index in [0.717, 1.165) is 0 Å². The average molecular weight is 391 g/mol. The molecule has 3 N–H and O–H groups in total. The molecule has 0 aliphatic rings. The standard InChI is InChI=1S/C20H17N5O2S/c21-13-14-5-3-9-22-18(14)23-10-11-24-19(26)15-6-1-2-7-16(15)25-20(27)17-8-4-12-28-17/h1-9,12H,10-11H2,(H,22,23)(H,24,26)(H,25,27). The van der Waals surface area contributed by atoms with Gasteiger partial charge in [0, 0.05) is 19.3 Å². The maximum atomic E-state index is 12.5. The number of carbonyl (C=O) groups is 2. The minimum atomic E-state index is -0.301. The molecule has 1 aromatic carbocycles. The molecule has 0 atom stereocenters. The number of thiophene rings is 1. The summed E-state index contributed by atoms with van der Waals surface area (Å²) < 4.78 is 0. The number of aromatic nitrogens is 1. The molecule has 0 aliphatic heterocycles. The number of anilines is 2. The lowest BCUT2D eigenvalue weighted by molar-refractivity contribution is 0.0956. The Morgan fingerprint density at radius 3 is 2.68 bits per heavy atom. The minimum Gasteiger partial charge on any atom is -0.367 e. The van der Waals surface area contributed by atoms with Crippen molar-refractivity contribution in [3.8, 4) is 6.07 Å². The molecule has 0 saturated heterocycles. The zero-order valence-electron chi connectivity index (χ0n) is 14.8. The van der Waals surface area contributed by atoms with Crippen LogP contribution in [0, 0.1) is 11.3 Å². The number of nitrogens with zero attached hydrogens (tertiary/aromatic N) is 2. The van der Waals surface area contributed by atoms with Crippen LogP contribution < -0.4 is 16.0 Å². The summed E-state index contributed by atoms with van der Waals surface area (Å²) >= 11 is 1.33. The van der Waals surface area contributed by atoms with E-state index in [1.54, 1.807) is 54.7 Å². The lowest BCUT2D eigenvalue weighted by atomic mass is 10.1. The third-order valence-corrected chi connectivity index (χ3v) is 4.66. The van der Waals surface area contributed by atoms with Crippen molar-refractivity contribution in [1.82, 2.24) is 10.3 Å². The van der Waals surface area contributed by atoms with Gasteiger partial charge in [0.1, 0.15) is 11.9 Å². The number of nitrogens with one attached hydrogen (secondary N) is 3. The molecule has 8 heteroatoms. The van der Waals surface area contributed by atoms with Gasteiger partial charge in [0.05, 0.1) is 21.7 Å². The maximum absolute atomic E-state index is 12.5. The van der Waals surface area contributed by atoms with E-state index in [0.29, 0.717) is 40.6 Å². The summed E-state index contributed by atoms with van der Waals surface area (Å²) in [6, 6.07) is 15.8. The molecule has 140 valence electrons.